The molecule has 1 saturated heterocycles. The molecule has 13 nitrogen and oxygen atoms in total. The summed E-state index contributed by atoms with van der Waals surface area (Å²) in [4.78, 5) is 40.3. The fourth-order valence-electron chi connectivity index (χ4n) is 4.21. The predicted molar refractivity (Wildman–Crippen MR) is 143 cm³/mol. The first kappa shape index (κ1) is 27.1. The molecule has 3 heterocycles. The molecule has 4 atom stereocenters. The van der Waals surface area contributed by atoms with E-state index in [0.29, 0.717) is 11.4 Å². The first-order valence-corrected chi connectivity index (χ1v) is 12.6. The molecule has 0 radical (unpaired) electrons. The summed E-state index contributed by atoms with van der Waals surface area (Å²) in [5.74, 6) is -1.21. The maximum Gasteiger partial charge on any atom is 0.425 e. The first-order valence-electron chi connectivity index (χ1n) is 12.6. The number of hydrogen-bond donors (Lipinski definition) is 4. The van der Waals surface area contributed by atoms with Gasteiger partial charge in [-0.15, -0.1) is 0 Å². The summed E-state index contributed by atoms with van der Waals surface area (Å²) in [6, 6.07) is 17.7. The van der Waals surface area contributed by atoms with Gasteiger partial charge in [-0.05, 0) is 24.3 Å². The van der Waals surface area contributed by atoms with Gasteiger partial charge in [0.2, 0.25) is 11.9 Å². The number of aliphatic hydroxyl groups excluding tert-OH is 3. The normalized spacial score (nSPS) is 20.6. The van der Waals surface area contributed by atoms with Gasteiger partial charge in [0.15, 0.2) is 17.4 Å². The van der Waals surface area contributed by atoms with E-state index < -0.39 is 43.2 Å². The Morgan fingerprint density at radius 1 is 1.02 bits per heavy atom. The molecular weight excluding hydrogens is 520 g/mol. The summed E-state index contributed by atoms with van der Waals surface area (Å²) in [6.45, 7) is 2.86. The van der Waals surface area contributed by atoms with Crippen molar-refractivity contribution in [3.05, 3.63) is 67.0 Å². The van der Waals surface area contributed by atoms with Crippen LogP contribution in [-0.2, 0) is 9.53 Å². The fraction of sp³-hybridized carbons (Fsp3) is 0.296. The lowest BCUT2D eigenvalue weighted by Crippen LogP contribution is -2.33. The Morgan fingerprint density at radius 2 is 1.65 bits per heavy atom. The van der Waals surface area contributed by atoms with E-state index in [1.165, 1.54) is 15.8 Å². The number of amides is 2. The van der Waals surface area contributed by atoms with E-state index >= 15 is 0 Å². The van der Waals surface area contributed by atoms with E-state index in [2.05, 4.69) is 20.3 Å². The zero-order valence-corrected chi connectivity index (χ0v) is 21.7. The van der Waals surface area contributed by atoms with Gasteiger partial charge in [-0.1, -0.05) is 50.2 Å². The van der Waals surface area contributed by atoms with Crippen molar-refractivity contribution < 1.29 is 34.4 Å². The Kier molecular flexibility index (Phi) is 7.71. The molecule has 4 unspecified atom stereocenters. The van der Waals surface area contributed by atoms with Crippen LogP contribution in [0.4, 0.5) is 22.1 Å². The minimum Gasteiger partial charge on any atom is -0.394 e. The number of anilines is 3. The quantitative estimate of drug-likeness (QED) is 0.269. The monoisotopic (exact) mass is 548 g/mol. The van der Waals surface area contributed by atoms with E-state index in [1.54, 1.807) is 62.4 Å². The van der Waals surface area contributed by atoms with Gasteiger partial charge in [0.05, 0.1) is 24.3 Å². The van der Waals surface area contributed by atoms with Crippen molar-refractivity contribution in [3.63, 3.8) is 0 Å². The summed E-state index contributed by atoms with van der Waals surface area (Å²) in [6.07, 6.45) is -4.53. The third kappa shape index (κ3) is 5.22. The van der Waals surface area contributed by atoms with Gasteiger partial charge in [0.25, 0.3) is 5.88 Å². The molecule has 2 amide bonds. The van der Waals surface area contributed by atoms with Crippen LogP contribution < -0.4 is 15.0 Å². The van der Waals surface area contributed by atoms with Crippen molar-refractivity contribution >= 4 is 40.5 Å². The number of carbonyl (C=O) groups is 2. The van der Waals surface area contributed by atoms with Gasteiger partial charge in [0.1, 0.15) is 18.3 Å². The SMILES string of the molecule is CC(C)C(=O)Nc1nc(OC(=O)N(c2ccccc2)c2ccccc2)c2ncn(C3OC(CO)C(O)C3O)c2n1. The molecule has 1 aliphatic heterocycles. The lowest BCUT2D eigenvalue weighted by atomic mass is 10.1. The van der Waals surface area contributed by atoms with Crippen molar-refractivity contribution in [3.8, 4) is 5.88 Å². The van der Waals surface area contributed by atoms with Crippen molar-refractivity contribution in [2.24, 2.45) is 5.92 Å². The molecule has 0 spiro atoms. The highest BCUT2D eigenvalue weighted by molar-refractivity contribution is 5.98. The molecule has 1 aliphatic rings. The number of rotatable bonds is 7. The van der Waals surface area contributed by atoms with Crippen LogP contribution in [-0.4, -0.2) is 71.8 Å². The average Bonchev–Trinajstić information content (AvgIpc) is 3.50. The van der Waals surface area contributed by atoms with E-state index in [0.717, 1.165) is 0 Å². The number of fused-ring (bicyclic) bond motifs is 1. The molecule has 2 aromatic carbocycles. The minimum absolute atomic E-state index is 0.0368. The van der Waals surface area contributed by atoms with E-state index in [9.17, 15) is 24.9 Å². The second kappa shape index (κ2) is 11.4. The summed E-state index contributed by atoms with van der Waals surface area (Å²) in [5.41, 5.74) is 1.16. The summed E-state index contributed by atoms with van der Waals surface area (Å²) >= 11 is 0. The first-order chi connectivity index (χ1) is 19.3. The number of para-hydroxylation sites is 2. The summed E-state index contributed by atoms with van der Waals surface area (Å²) < 4.78 is 12.7. The second-order valence-corrected chi connectivity index (χ2v) is 9.42. The second-order valence-electron chi connectivity index (χ2n) is 9.42. The highest BCUT2D eigenvalue weighted by Crippen LogP contribution is 2.34. The number of benzene rings is 2. The van der Waals surface area contributed by atoms with Gasteiger partial charge in [-0.3, -0.25) is 14.7 Å². The molecule has 4 N–H and O–H groups in total. The molecule has 0 saturated carbocycles. The molecule has 208 valence electrons. The minimum atomic E-state index is -1.42. The molecule has 40 heavy (non-hydrogen) atoms. The Bertz CT molecular complexity index is 1460. The molecule has 13 heteroatoms. The largest absolute Gasteiger partial charge is 0.425 e. The Labute approximate surface area is 228 Å². The lowest BCUT2D eigenvalue weighted by Gasteiger charge is -2.22. The highest BCUT2D eigenvalue weighted by atomic mass is 16.6. The molecule has 0 bridgehead atoms. The predicted octanol–water partition coefficient (Wildman–Crippen LogP) is 2.37. The zero-order valence-electron chi connectivity index (χ0n) is 21.7. The van der Waals surface area contributed by atoms with Crippen molar-refractivity contribution in [2.75, 3.05) is 16.8 Å². The van der Waals surface area contributed by atoms with Crippen LogP contribution in [0, 0.1) is 5.92 Å². The molecule has 1 fully saturated rings. The van der Waals surface area contributed by atoms with Gasteiger partial charge >= 0.3 is 6.09 Å². The number of hydrogen-bond acceptors (Lipinski definition) is 10. The lowest BCUT2D eigenvalue weighted by molar-refractivity contribution is -0.118. The average molecular weight is 549 g/mol. The van der Waals surface area contributed by atoms with Crippen molar-refractivity contribution in [2.45, 2.75) is 38.4 Å². The van der Waals surface area contributed by atoms with Crippen LogP contribution in [0.5, 0.6) is 5.88 Å². The Balaban J connectivity index is 1.57. The number of aliphatic hydroxyl groups is 3. The van der Waals surface area contributed by atoms with Gasteiger partial charge in [-0.2, -0.15) is 9.97 Å². The molecule has 4 aromatic rings. The number of ether oxygens (including phenoxy) is 2. The van der Waals surface area contributed by atoms with Crippen LogP contribution >= 0.6 is 0 Å². The van der Waals surface area contributed by atoms with Gasteiger partial charge in [-0.25, -0.2) is 14.7 Å². The maximum atomic E-state index is 13.6. The number of aromatic nitrogens is 4. The van der Waals surface area contributed by atoms with E-state index in [-0.39, 0.29) is 28.9 Å². The van der Waals surface area contributed by atoms with Crippen LogP contribution in [0.1, 0.15) is 20.1 Å². The molecular formula is C27H28N6O7. The third-order valence-electron chi connectivity index (χ3n) is 6.34. The van der Waals surface area contributed by atoms with Gasteiger partial charge < -0.3 is 24.8 Å². The zero-order chi connectivity index (χ0) is 28.4. The van der Waals surface area contributed by atoms with Crippen LogP contribution in [0.3, 0.4) is 0 Å². The van der Waals surface area contributed by atoms with Gasteiger partial charge in [0, 0.05) is 5.92 Å². The Morgan fingerprint density at radius 3 is 2.20 bits per heavy atom. The third-order valence-corrected chi connectivity index (χ3v) is 6.34. The van der Waals surface area contributed by atoms with E-state index in [4.69, 9.17) is 9.47 Å². The van der Waals surface area contributed by atoms with Crippen LogP contribution in [0.2, 0.25) is 0 Å². The molecule has 5 rings (SSSR count). The fourth-order valence-corrected chi connectivity index (χ4v) is 4.21. The number of carbonyl (C=O) groups excluding carboxylic acids is 2. The Hall–Kier alpha value is -4.43. The van der Waals surface area contributed by atoms with E-state index in [1.807, 2.05) is 12.1 Å². The van der Waals surface area contributed by atoms with Crippen molar-refractivity contribution in [1.29, 1.82) is 0 Å². The number of nitrogens with one attached hydrogen (secondary N) is 1. The van der Waals surface area contributed by atoms with Crippen LogP contribution in [0.25, 0.3) is 11.2 Å². The topological polar surface area (TPSA) is 172 Å². The van der Waals surface area contributed by atoms with Crippen molar-refractivity contribution in [1.82, 2.24) is 19.5 Å². The maximum absolute atomic E-state index is 13.6. The van der Waals surface area contributed by atoms with Crippen LogP contribution in [0.15, 0.2) is 67.0 Å². The smallest absolute Gasteiger partial charge is 0.394 e. The molecule has 2 aromatic heterocycles. The summed E-state index contributed by atoms with van der Waals surface area (Å²) in [5, 5.41) is 32.9. The molecule has 0 aliphatic carbocycles. The standard InChI is InChI=1S/C27H28N6O7/c1-15(2)23(37)30-26-29-22-19(28-14-32(22)25-21(36)20(35)18(13-34)39-25)24(31-26)40-27(38)33(16-9-5-3-6-10-16)17-11-7-4-8-12-17/h3-12,14-15,18,20-21,25,34-36H,13H2,1-2H3,(H,29,30,31,37). The number of imidazole rings is 1. The number of nitrogens with zero attached hydrogens (tertiary/aromatic N) is 5. The highest BCUT2D eigenvalue weighted by Gasteiger charge is 2.44. The summed E-state index contributed by atoms with van der Waals surface area (Å²) in [7, 11) is 0.